The molecule has 0 amide bonds. The fourth-order valence-corrected chi connectivity index (χ4v) is 2.34. The molecule has 3 aromatic rings. The van der Waals surface area contributed by atoms with Gasteiger partial charge in [-0.1, -0.05) is 0 Å². The number of pyridine rings is 1. The number of nitrogen functional groups attached to an aromatic ring is 1. The lowest BCUT2D eigenvalue weighted by Gasteiger charge is -2.02. The van der Waals surface area contributed by atoms with Gasteiger partial charge in [0, 0.05) is 11.6 Å². The number of hydrogen-bond acceptors (Lipinski definition) is 5. The molecule has 17 heavy (non-hydrogen) atoms. The van der Waals surface area contributed by atoms with E-state index in [-0.39, 0.29) is 0 Å². The number of aryl methyl sites for hydroxylation is 1. The van der Waals surface area contributed by atoms with Crippen LogP contribution in [0.25, 0.3) is 11.2 Å². The first-order chi connectivity index (χ1) is 8.25. The molecule has 0 saturated carbocycles. The molecule has 3 aromatic heterocycles. The second-order valence-electron chi connectivity index (χ2n) is 3.84. The van der Waals surface area contributed by atoms with Crippen molar-refractivity contribution in [3.63, 3.8) is 0 Å². The average molecular weight is 245 g/mol. The van der Waals surface area contributed by atoms with Crippen molar-refractivity contribution in [1.82, 2.24) is 19.5 Å². The predicted molar refractivity (Wildman–Crippen MR) is 67.9 cm³/mol. The Labute approximate surface area is 102 Å². The van der Waals surface area contributed by atoms with Crippen LogP contribution in [-0.4, -0.2) is 19.5 Å². The van der Waals surface area contributed by atoms with E-state index in [1.807, 2.05) is 28.4 Å². The minimum Gasteiger partial charge on any atom is -0.369 e. The van der Waals surface area contributed by atoms with Crippen LogP contribution < -0.4 is 5.73 Å². The smallest absolute Gasteiger partial charge is 0.202 e. The zero-order valence-electron chi connectivity index (χ0n) is 9.29. The third-order valence-electron chi connectivity index (χ3n) is 2.67. The first-order valence-corrected chi connectivity index (χ1v) is 6.14. The summed E-state index contributed by atoms with van der Waals surface area (Å²) in [5.41, 5.74) is 11.5. The number of aromatic nitrogens is 4. The van der Waals surface area contributed by atoms with Crippen LogP contribution in [0.4, 0.5) is 5.95 Å². The summed E-state index contributed by atoms with van der Waals surface area (Å²) in [5, 5.41) is 2.00. The summed E-state index contributed by atoms with van der Waals surface area (Å²) in [6.07, 6.45) is 1.77. The molecule has 0 aliphatic heterocycles. The molecule has 5 nitrogen and oxygen atoms in total. The van der Waals surface area contributed by atoms with Crippen molar-refractivity contribution >= 4 is 28.4 Å². The number of thiazole rings is 1. The molecule has 0 spiro atoms. The highest BCUT2D eigenvalue weighted by molar-refractivity contribution is 7.07. The van der Waals surface area contributed by atoms with Gasteiger partial charge >= 0.3 is 0 Å². The topological polar surface area (TPSA) is 69.6 Å². The van der Waals surface area contributed by atoms with E-state index >= 15 is 0 Å². The van der Waals surface area contributed by atoms with Crippen LogP contribution in [-0.2, 0) is 6.54 Å². The van der Waals surface area contributed by atoms with E-state index in [9.17, 15) is 0 Å². The maximum absolute atomic E-state index is 5.93. The summed E-state index contributed by atoms with van der Waals surface area (Å²) in [6, 6.07) is 1.93. The molecule has 0 aromatic carbocycles. The molecule has 0 bridgehead atoms. The Morgan fingerprint density at radius 1 is 1.41 bits per heavy atom. The molecular weight excluding hydrogens is 234 g/mol. The Kier molecular flexibility index (Phi) is 2.29. The molecule has 86 valence electrons. The fraction of sp³-hybridized carbons (Fsp3) is 0.182. The summed E-state index contributed by atoms with van der Waals surface area (Å²) in [5.74, 6) is 0.481. The van der Waals surface area contributed by atoms with Gasteiger partial charge in [0.05, 0.1) is 17.7 Å². The number of hydrogen-bond donors (Lipinski definition) is 1. The van der Waals surface area contributed by atoms with Crippen LogP contribution in [0.15, 0.2) is 23.2 Å². The van der Waals surface area contributed by atoms with Crippen molar-refractivity contribution < 1.29 is 0 Å². The van der Waals surface area contributed by atoms with Crippen LogP contribution in [0.3, 0.4) is 0 Å². The minimum absolute atomic E-state index is 0.481. The van der Waals surface area contributed by atoms with Crippen LogP contribution in [0.5, 0.6) is 0 Å². The number of anilines is 1. The average Bonchev–Trinajstić information content (AvgIpc) is 2.91. The molecule has 0 aliphatic carbocycles. The van der Waals surface area contributed by atoms with Gasteiger partial charge in [-0.15, -0.1) is 11.3 Å². The van der Waals surface area contributed by atoms with E-state index in [0.29, 0.717) is 12.5 Å². The van der Waals surface area contributed by atoms with E-state index in [4.69, 9.17) is 5.73 Å². The lowest BCUT2D eigenvalue weighted by Crippen LogP contribution is -2.05. The standard InChI is InChI=1S/C11H11N5S/c1-7-2-3-13-10-9(7)15-11(12)16(10)4-8-5-17-6-14-8/h2-3,5-6H,4H2,1H3,(H2,12,15). The maximum Gasteiger partial charge on any atom is 0.202 e. The summed E-state index contributed by atoms with van der Waals surface area (Å²) < 4.78 is 1.89. The van der Waals surface area contributed by atoms with E-state index in [1.165, 1.54) is 0 Å². The molecule has 6 heteroatoms. The summed E-state index contributed by atoms with van der Waals surface area (Å²) in [4.78, 5) is 12.9. The van der Waals surface area contributed by atoms with Crippen molar-refractivity contribution in [1.29, 1.82) is 0 Å². The zero-order chi connectivity index (χ0) is 11.8. The normalized spacial score (nSPS) is 11.1. The minimum atomic E-state index is 0.481. The first-order valence-electron chi connectivity index (χ1n) is 5.20. The van der Waals surface area contributed by atoms with E-state index in [1.54, 1.807) is 17.5 Å². The molecule has 0 saturated heterocycles. The van der Waals surface area contributed by atoms with Crippen molar-refractivity contribution in [3.8, 4) is 0 Å². The van der Waals surface area contributed by atoms with Gasteiger partial charge in [0.1, 0.15) is 5.52 Å². The van der Waals surface area contributed by atoms with Crippen LogP contribution in [0.1, 0.15) is 11.3 Å². The van der Waals surface area contributed by atoms with E-state index < -0.39 is 0 Å². The molecular formula is C11H11N5S. The number of fused-ring (bicyclic) bond motifs is 1. The third-order valence-corrected chi connectivity index (χ3v) is 3.30. The summed E-state index contributed by atoms with van der Waals surface area (Å²) in [7, 11) is 0. The molecule has 0 fully saturated rings. The van der Waals surface area contributed by atoms with Crippen molar-refractivity contribution in [2.24, 2.45) is 0 Å². The lowest BCUT2D eigenvalue weighted by atomic mass is 10.3. The monoisotopic (exact) mass is 245 g/mol. The molecule has 0 atom stereocenters. The van der Waals surface area contributed by atoms with Gasteiger partial charge in [-0.25, -0.2) is 15.0 Å². The van der Waals surface area contributed by atoms with Crippen molar-refractivity contribution in [3.05, 3.63) is 34.4 Å². The van der Waals surface area contributed by atoms with Crippen LogP contribution in [0, 0.1) is 6.92 Å². The predicted octanol–water partition coefficient (Wildman–Crippen LogP) is 1.83. The van der Waals surface area contributed by atoms with Gasteiger partial charge in [0.2, 0.25) is 5.95 Å². The number of imidazole rings is 1. The third kappa shape index (κ3) is 1.66. The highest BCUT2D eigenvalue weighted by Crippen LogP contribution is 2.19. The van der Waals surface area contributed by atoms with Crippen molar-refractivity contribution in [2.75, 3.05) is 5.73 Å². The van der Waals surface area contributed by atoms with Gasteiger partial charge < -0.3 is 5.73 Å². The molecule has 0 radical (unpaired) electrons. The number of nitrogens with zero attached hydrogens (tertiary/aromatic N) is 4. The number of rotatable bonds is 2. The molecule has 0 unspecified atom stereocenters. The Hall–Kier alpha value is -1.95. The van der Waals surface area contributed by atoms with Crippen molar-refractivity contribution in [2.45, 2.75) is 13.5 Å². The van der Waals surface area contributed by atoms with Gasteiger partial charge in [-0.2, -0.15) is 0 Å². The molecule has 3 rings (SSSR count). The van der Waals surface area contributed by atoms with E-state index in [0.717, 1.165) is 22.4 Å². The zero-order valence-corrected chi connectivity index (χ0v) is 10.1. The van der Waals surface area contributed by atoms with Gasteiger partial charge in [0.25, 0.3) is 0 Å². The van der Waals surface area contributed by atoms with Crippen LogP contribution >= 0.6 is 11.3 Å². The quantitative estimate of drug-likeness (QED) is 0.747. The van der Waals surface area contributed by atoms with Crippen LogP contribution in [0.2, 0.25) is 0 Å². The lowest BCUT2D eigenvalue weighted by molar-refractivity contribution is 0.807. The molecule has 3 heterocycles. The Morgan fingerprint density at radius 2 is 2.29 bits per heavy atom. The Morgan fingerprint density at radius 3 is 3.06 bits per heavy atom. The second kappa shape index (κ2) is 3.81. The maximum atomic E-state index is 5.93. The van der Waals surface area contributed by atoms with Gasteiger partial charge in [-0.3, -0.25) is 4.57 Å². The molecule has 2 N–H and O–H groups in total. The SMILES string of the molecule is Cc1ccnc2c1nc(N)n2Cc1cscn1. The Balaban J connectivity index is 2.16. The second-order valence-corrected chi connectivity index (χ2v) is 4.55. The highest BCUT2D eigenvalue weighted by atomic mass is 32.1. The molecule has 0 aliphatic rings. The first kappa shape index (κ1) is 10.2. The Bertz CT molecular complexity index is 656. The summed E-state index contributed by atoms with van der Waals surface area (Å²) in [6.45, 7) is 2.62. The summed E-state index contributed by atoms with van der Waals surface area (Å²) >= 11 is 1.57. The van der Waals surface area contributed by atoms with E-state index in [2.05, 4.69) is 15.0 Å². The fourth-order valence-electron chi connectivity index (χ4n) is 1.79. The largest absolute Gasteiger partial charge is 0.369 e. The number of nitrogens with two attached hydrogens (primary N) is 1. The highest BCUT2D eigenvalue weighted by Gasteiger charge is 2.11. The van der Waals surface area contributed by atoms with Gasteiger partial charge in [0.15, 0.2) is 5.65 Å². The van der Waals surface area contributed by atoms with Gasteiger partial charge in [-0.05, 0) is 18.6 Å².